The van der Waals surface area contributed by atoms with Gasteiger partial charge in [-0.3, -0.25) is 15.1 Å². The minimum atomic E-state index is -4.39. The van der Waals surface area contributed by atoms with Crippen LogP contribution in [-0.4, -0.2) is 55.1 Å². The predicted molar refractivity (Wildman–Crippen MR) is 130 cm³/mol. The van der Waals surface area contributed by atoms with Crippen molar-refractivity contribution in [1.82, 2.24) is 10.2 Å². The maximum Gasteiger partial charge on any atom is 0.416 e. The third-order valence-corrected chi connectivity index (χ3v) is 6.98. The summed E-state index contributed by atoms with van der Waals surface area (Å²) in [6.45, 7) is 3.29. The van der Waals surface area contributed by atoms with Crippen molar-refractivity contribution in [2.75, 3.05) is 39.5 Å². The van der Waals surface area contributed by atoms with E-state index >= 15 is 0 Å². The SMILES string of the molecule is Cc1cc(CSCCN=C(C[N+](=O)[O-])NCCc2cccc(C(F)(F)F)c2)sc1CN(C)C. The van der Waals surface area contributed by atoms with Crippen molar-refractivity contribution in [1.29, 1.82) is 0 Å². The van der Waals surface area contributed by atoms with Crippen molar-refractivity contribution >= 4 is 28.9 Å². The van der Waals surface area contributed by atoms with Crippen LogP contribution in [-0.2, 0) is 24.9 Å². The van der Waals surface area contributed by atoms with E-state index in [-0.39, 0.29) is 12.4 Å². The molecule has 11 heteroatoms. The molecular formula is C22H29F3N4O2S2. The molecule has 0 aliphatic heterocycles. The molecule has 182 valence electrons. The summed E-state index contributed by atoms with van der Waals surface area (Å²) in [6, 6.07) is 7.29. The Labute approximate surface area is 200 Å². The van der Waals surface area contributed by atoms with Gasteiger partial charge >= 0.3 is 6.18 Å². The van der Waals surface area contributed by atoms with Crippen LogP contribution in [0.3, 0.4) is 0 Å². The highest BCUT2D eigenvalue weighted by Crippen LogP contribution is 2.29. The Hall–Kier alpha value is -2.11. The fourth-order valence-electron chi connectivity index (χ4n) is 3.06. The van der Waals surface area contributed by atoms with E-state index in [2.05, 4.69) is 28.2 Å². The zero-order valence-corrected chi connectivity index (χ0v) is 20.6. The van der Waals surface area contributed by atoms with Gasteiger partial charge in [0.2, 0.25) is 0 Å². The largest absolute Gasteiger partial charge is 0.416 e. The maximum atomic E-state index is 12.8. The van der Waals surface area contributed by atoms with E-state index in [1.54, 1.807) is 29.2 Å². The highest BCUT2D eigenvalue weighted by molar-refractivity contribution is 7.98. The lowest BCUT2D eigenvalue weighted by Gasteiger charge is -2.10. The van der Waals surface area contributed by atoms with Gasteiger partial charge in [0.15, 0.2) is 5.84 Å². The molecule has 1 N–H and O–H groups in total. The van der Waals surface area contributed by atoms with Crippen molar-refractivity contribution in [3.8, 4) is 0 Å². The number of nitro groups is 1. The number of hydrogen-bond acceptors (Lipinski definition) is 6. The van der Waals surface area contributed by atoms with E-state index in [9.17, 15) is 23.3 Å². The molecule has 33 heavy (non-hydrogen) atoms. The Bertz CT molecular complexity index is 946. The van der Waals surface area contributed by atoms with Crippen LogP contribution in [0, 0.1) is 17.0 Å². The third-order valence-electron chi connectivity index (χ3n) is 4.59. The van der Waals surface area contributed by atoms with Crippen molar-refractivity contribution in [2.24, 2.45) is 4.99 Å². The number of nitrogens with one attached hydrogen (secondary N) is 1. The van der Waals surface area contributed by atoms with E-state index in [0.717, 1.165) is 30.2 Å². The summed E-state index contributed by atoms with van der Waals surface area (Å²) in [5.41, 5.74) is 1.10. The number of nitrogens with zero attached hydrogens (tertiary/aromatic N) is 3. The standard InChI is InChI=1S/C22H29F3N4O2S2/c1-16-11-19(33-20(16)13-28(2)3)15-32-10-9-27-21(14-29(30)31)26-8-7-17-5-4-6-18(12-17)22(23,24)25/h4-6,11-12H,7-10,13-15H2,1-3H3,(H,26,27). The van der Waals surface area contributed by atoms with E-state index in [1.807, 2.05) is 14.1 Å². The maximum absolute atomic E-state index is 12.8. The first-order chi connectivity index (χ1) is 15.5. The van der Waals surface area contributed by atoms with E-state index in [1.165, 1.54) is 21.4 Å². The molecule has 0 bridgehead atoms. The van der Waals surface area contributed by atoms with Gasteiger partial charge in [-0.15, -0.1) is 11.3 Å². The topological polar surface area (TPSA) is 70.8 Å². The van der Waals surface area contributed by atoms with Gasteiger partial charge in [-0.25, -0.2) is 0 Å². The molecular weight excluding hydrogens is 473 g/mol. The average molecular weight is 503 g/mol. The molecule has 0 fully saturated rings. The molecule has 0 saturated heterocycles. The quantitative estimate of drug-likeness (QED) is 0.147. The number of benzene rings is 1. The summed E-state index contributed by atoms with van der Waals surface area (Å²) in [7, 11) is 4.09. The normalized spacial score (nSPS) is 12.4. The van der Waals surface area contributed by atoms with Crippen LogP contribution < -0.4 is 5.32 Å². The summed E-state index contributed by atoms with van der Waals surface area (Å²) < 4.78 is 38.5. The van der Waals surface area contributed by atoms with Crippen LogP contribution in [0.5, 0.6) is 0 Å². The fourth-order valence-corrected chi connectivity index (χ4v) is 5.29. The van der Waals surface area contributed by atoms with Crippen LogP contribution in [0.1, 0.15) is 26.4 Å². The molecule has 0 radical (unpaired) electrons. The molecule has 6 nitrogen and oxygen atoms in total. The first kappa shape index (κ1) is 27.1. The first-order valence-electron chi connectivity index (χ1n) is 10.4. The second-order valence-corrected chi connectivity index (χ2v) is 10.1. The highest BCUT2D eigenvalue weighted by atomic mass is 32.2. The first-order valence-corrected chi connectivity index (χ1v) is 12.4. The molecule has 1 aromatic heterocycles. The number of alkyl halides is 3. The minimum absolute atomic E-state index is 0.243. The number of thioether (sulfide) groups is 1. The molecule has 2 aromatic rings. The number of halogens is 3. The summed E-state index contributed by atoms with van der Waals surface area (Å²) in [5.74, 6) is 1.83. The van der Waals surface area contributed by atoms with Crippen molar-refractivity contribution in [3.63, 3.8) is 0 Å². The van der Waals surface area contributed by atoms with E-state index in [4.69, 9.17) is 0 Å². The predicted octanol–water partition coefficient (Wildman–Crippen LogP) is 4.88. The molecule has 0 amide bonds. The second kappa shape index (κ2) is 13.0. The molecule has 0 spiro atoms. The molecule has 1 aromatic carbocycles. The fraction of sp³-hybridized carbons (Fsp3) is 0.500. The number of aliphatic imine (C=N–C) groups is 1. The second-order valence-electron chi connectivity index (χ2n) is 7.80. The zero-order valence-electron chi connectivity index (χ0n) is 18.9. The van der Waals surface area contributed by atoms with Gasteiger partial charge in [-0.05, 0) is 50.7 Å². The lowest BCUT2D eigenvalue weighted by Crippen LogP contribution is -2.32. The summed E-state index contributed by atoms with van der Waals surface area (Å²) in [4.78, 5) is 19.6. The van der Waals surface area contributed by atoms with E-state index in [0.29, 0.717) is 18.5 Å². The van der Waals surface area contributed by atoms with Crippen molar-refractivity contribution in [2.45, 2.75) is 31.8 Å². The van der Waals surface area contributed by atoms with Crippen LogP contribution in [0.25, 0.3) is 0 Å². The van der Waals surface area contributed by atoms with Crippen molar-refractivity contribution < 1.29 is 18.1 Å². The summed E-state index contributed by atoms with van der Waals surface area (Å²) >= 11 is 3.52. The van der Waals surface area contributed by atoms with Gasteiger partial charge in [0.05, 0.1) is 12.1 Å². The Morgan fingerprint density at radius 2 is 2.06 bits per heavy atom. The van der Waals surface area contributed by atoms with Crippen LogP contribution >= 0.6 is 23.1 Å². The minimum Gasteiger partial charge on any atom is -0.368 e. The number of aryl methyl sites for hydroxylation is 1. The number of thiophene rings is 1. The summed E-state index contributed by atoms with van der Waals surface area (Å²) in [6.07, 6.45) is -4.09. The number of amidine groups is 1. The van der Waals surface area contributed by atoms with Crippen molar-refractivity contribution in [3.05, 3.63) is 66.9 Å². The highest BCUT2D eigenvalue weighted by Gasteiger charge is 2.30. The van der Waals surface area contributed by atoms with Gasteiger partial charge in [-0.2, -0.15) is 24.9 Å². The number of hydrogen-bond donors (Lipinski definition) is 1. The van der Waals surface area contributed by atoms with Gasteiger partial charge in [0.25, 0.3) is 6.54 Å². The molecule has 0 unspecified atom stereocenters. The van der Waals surface area contributed by atoms with Crippen LogP contribution in [0.4, 0.5) is 13.2 Å². The van der Waals surface area contributed by atoms with Gasteiger partial charge in [-0.1, -0.05) is 18.2 Å². The molecule has 1 heterocycles. The summed E-state index contributed by atoms with van der Waals surface area (Å²) in [5, 5.41) is 13.8. The van der Waals surface area contributed by atoms with Crippen LogP contribution in [0.15, 0.2) is 35.3 Å². The Morgan fingerprint density at radius 3 is 2.73 bits per heavy atom. The monoisotopic (exact) mass is 502 g/mol. The molecule has 0 aliphatic carbocycles. The Morgan fingerprint density at radius 1 is 1.30 bits per heavy atom. The van der Waals surface area contributed by atoms with Crippen LogP contribution in [0.2, 0.25) is 0 Å². The Balaban J connectivity index is 1.81. The third kappa shape index (κ3) is 10.1. The Kier molecular flexibility index (Phi) is 10.6. The zero-order chi connectivity index (χ0) is 24.4. The molecule has 0 atom stereocenters. The molecule has 0 aliphatic rings. The van der Waals surface area contributed by atoms with Gasteiger partial charge in [0.1, 0.15) is 0 Å². The lowest BCUT2D eigenvalue weighted by molar-refractivity contribution is -0.463. The van der Waals surface area contributed by atoms with E-state index < -0.39 is 23.2 Å². The smallest absolute Gasteiger partial charge is 0.368 e. The molecule has 2 rings (SSSR count). The lowest BCUT2D eigenvalue weighted by atomic mass is 10.1. The number of rotatable bonds is 12. The molecule has 0 saturated carbocycles. The average Bonchev–Trinajstić information content (AvgIpc) is 3.05. The van der Waals surface area contributed by atoms with Gasteiger partial charge in [0, 0.05) is 39.3 Å². The van der Waals surface area contributed by atoms with Gasteiger partial charge < -0.3 is 10.2 Å².